The van der Waals surface area contributed by atoms with Crippen molar-refractivity contribution in [3.05, 3.63) is 45.7 Å². The minimum Gasteiger partial charge on any atom is -0.480 e. The van der Waals surface area contributed by atoms with E-state index in [1.54, 1.807) is 36.6 Å². The van der Waals surface area contributed by atoms with Crippen molar-refractivity contribution in [1.29, 1.82) is 0 Å². The van der Waals surface area contributed by atoms with Crippen LogP contribution < -0.4 is 15.6 Å². The molecule has 30 heavy (non-hydrogen) atoms. The van der Waals surface area contributed by atoms with E-state index in [-0.39, 0.29) is 5.69 Å². The fourth-order valence-electron chi connectivity index (χ4n) is 2.56. The summed E-state index contributed by atoms with van der Waals surface area (Å²) >= 11 is 5.96. The van der Waals surface area contributed by atoms with Crippen LogP contribution in [0.1, 0.15) is 25.5 Å². The largest absolute Gasteiger partial charge is 0.480 e. The maximum absolute atomic E-state index is 12.5. The molecule has 0 spiro atoms. The third-order valence-electron chi connectivity index (χ3n) is 3.88. The average molecular weight is 445 g/mol. The monoisotopic (exact) mass is 444 g/mol. The molecule has 0 atom stereocenters. The zero-order chi connectivity index (χ0) is 22.1. The Labute approximate surface area is 172 Å². The highest BCUT2D eigenvalue weighted by Crippen LogP contribution is 2.31. The molecule has 3 aromatic heterocycles. The maximum atomic E-state index is 12.5. The van der Waals surface area contributed by atoms with Crippen LogP contribution in [-0.2, 0) is 11.3 Å². The predicted octanol–water partition coefficient (Wildman–Crippen LogP) is 2.64. The van der Waals surface area contributed by atoms with Crippen molar-refractivity contribution < 1.29 is 22.7 Å². The van der Waals surface area contributed by atoms with Crippen molar-refractivity contribution >= 4 is 28.8 Å². The molecule has 0 aliphatic carbocycles. The fraction of sp³-hybridized carbons (Fsp3) is 0.353. The van der Waals surface area contributed by atoms with Crippen LogP contribution in [-0.4, -0.2) is 43.1 Å². The van der Waals surface area contributed by atoms with Crippen molar-refractivity contribution in [3.8, 4) is 5.75 Å². The van der Waals surface area contributed by atoms with Gasteiger partial charge in [-0.3, -0.25) is 14.0 Å². The number of carbonyl (C=O) groups is 1. The van der Waals surface area contributed by atoms with Crippen LogP contribution in [0.3, 0.4) is 0 Å². The van der Waals surface area contributed by atoms with Gasteiger partial charge in [-0.1, -0.05) is 25.4 Å². The lowest BCUT2D eigenvalue weighted by atomic mass is 10.1. The SMILES string of the molecule is CC(C)c1nn(CC(=O)Nc2ccc3nncn3c2)c(=O)c(Cl)c1OCC(F)(F)F. The first-order valence-corrected chi connectivity index (χ1v) is 9.02. The minimum atomic E-state index is -4.61. The highest BCUT2D eigenvalue weighted by atomic mass is 35.5. The van der Waals surface area contributed by atoms with Gasteiger partial charge in [-0.25, -0.2) is 4.68 Å². The number of pyridine rings is 1. The maximum Gasteiger partial charge on any atom is 0.422 e. The van der Waals surface area contributed by atoms with E-state index in [1.165, 1.54) is 6.33 Å². The summed E-state index contributed by atoms with van der Waals surface area (Å²) in [6.45, 7) is 1.16. The zero-order valence-corrected chi connectivity index (χ0v) is 16.5. The summed E-state index contributed by atoms with van der Waals surface area (Å²) in [6, 6.07) is 3.23. The van der Waals surface area contributed by atoms with Crippen molar-refractivity contribution in [2.75, 3.05) is 11.9 Å². The van der Waals surface area contributed by atoms with Gasteiger partial charge in [0.1, 0.15) is 18.6 Å². The summed E-state index contributed by atoms with van der Waals surface area (Å²) in [5.41, 5.74) is 0.0829. The molecule has 0 radical (unpaired) electrons. The molecule has 0 aliphatic rings. The molecule has 0 fully saturated rings. The Balaban J connectivity index is 1.84. The van der Waals surface area contributed by atoms with Gasteiger partial charge in [0.15, 0.2) is 23.0 Å². The number of nitrogens with one attached hydrogen (secondary N) is 1. The lowest BCUT2D eigenvalue weighted by Gasteiger charge is -2.17. The number of rotatable bonds is 6. The lowest BCUT2D eigenvalue weighted by Crippen LogP contribution is -2.32. The smallest absolute Gasteiger partial charge is 0.422 e. The molecule has 0 aromatic carbocycles. The van der Waals surface area contributed by atoms with E-state index in [4.69, 9.17) is 16.3 Å². The summed E-state index contributed by atoms with van der Waals surface area (Å²) in [5, 5.41) is 13.6. The first-order chi connectivity index (χ1) is 14.0. The Kier molecular flexibility index (Phi) is 5.97. The molecule has 1 amide bonds. The van der Waals surface area contributed by atoms with Gasteiger partial charge in [0.05, 0.1) is 5.69 Å². The minimum absolute atomic E-state index is 0.0301. The molecule has 13 heteroatoms. The first-order valence-electron chi connectivity index (χ1n) is 8.64. The molecule has 0 aliphatic heterocycles. The number of hydrogen-bond acceptors (Lipinski definition) is 6. The standard InChI is InChI=1S/C17H16ClF3N6O3/c1-9(2)14-15(30-7-17(19,20)21)13(18)16(29)27(25-14)6-12(28)23-10-3-4-11-24-22-8-26(11)5-10/h3-5,8-9H,6-7H2,1-2H3,(H,23,28). The Hall–Kier alpha value is -3.15. The van der Waals surface area contributed by atoms with Crippen molar-refractivity contribution in [2.45, 2.75) is 32.5 Å². The molecule has 0 bridgehead atoms. The Bertz CT molecular complexity index is 1140. The van der Waals surface area contributed by atoms with Crippen LogP contribution in [0.4, 0.5) is 18.9 Å². The van der Waals surface area contributed by atoms with Gasteiger partial charge in [-0.15, -0.1) is 10.2 Å². The third-order valence-corrected chi connectivity index (χ3v) is 4.21. The molecule has 0 saturated carbocycles. The van der Waals surface area contributed by atoms with Gasteiger partial charge in [-0.2, -0.15) is 18.3 Å². The summed E-state index contributed by atoms with van der Waals surface area (Å²) in [7, 11) is 0. The predicted molar refractivity (Wildman–Crippen MR) is 101 cm³/mol. The summed E-state index contributed by atoms with van der Waals surface area (Å²) in [4.78, 5) is 24.8. The van der Waals surface area contributed by atoms with Gasteiger partial charge in [-0.05, 0) is 12.1 Å². The van der Waals surface area contributed by atoms with E-state index in [1.807, 2.05) is 0 Å². The Morgan fingerprint density at radius 3 is 2.73 bits per heavy atom. The zero-order valence-electron chi connectivity index (χ0n) is 15.8. The van der Waals surface area contributed by atoms with Gasteiger partial charge >= 0.3 is 6.18 Å². The number of ether oxygens (including phenoxy) is 1. The molecule has 0 saturated heterocycles. The number of halogens is 4. The number of fused-ring (bicyclic) bond motifs is 1. The highest BCUT2D eigenvalue weighted by molar-refractivity contribution is 6.31. The number of amides is 1. The summed E-state index contributed by atoms with van der Waals surface area (Å²) < 4.78 is 44.6. The molecule has 3 heterocycles. The topological polar surface area (TPSA) is 103 Å². The van der Waals surface area contributed by atoms with Crippen LogP contribution in [0.15, 0.2) is 29.5 Å². The highest BCUT2D eigenvalue weighted by Gasteiger charge is 2.31. The van der Waals surface area contributed by atoms with Crippen LogP contribution in [0, 0.1) is 0 Å². The number of alkyl halides is 3. The first kappa shape index (κ1) is 21.6. The number of aromatic nitrogens is 5. The van der Waals surface area contributed by atoms with Gasteiger partial charge in [0.25, 0.3) is 5.56 Å². The number of anilines is 1. The van der Waals surface area contributed by atoms with Crippen LogP contribution in [0.5, 0.6) is 5.75 Å². The van der Waals surface area contributed by atoms with E-state index < -0.39 is 47.5 Å². The van der Waals surface area contributed by atoms with Crippen molar-refractivity contribution in [2.24, 2.45) is 0 Å². The molecule has 160 valence electrons. The Morgan fingerprint density at radius 2 is 2.07 bits per heavy atom. The van der Waals surface area contributed by atoms with Crippen LogP contribution >= 0.6 is 11.6 Å². The molecule has 9 nitrogen and oxygen atoms in total. The fourth-order valence-corrected chi connectivity index (χ4v) is 2.81. The van der Waals surface area contributed by atoms with Gasteiger partial charge in [0, 0.05) is 12.1 Å². The van der Waals surface area contributed by atoms with E-state index in [2.05, 4.69) is 20.6 Å². The van der Waals surface area contributed by atoms with Crippen molar-refractivity contribution in [3.63, 3.8) is 0 Å². The summed E-state index contributed by atoms with van der Waals surface area (Å²) in [6.07, 6.45) is -1.59. The van der Waals surface area contributed by atoms with E-state index >= 15 is 0 Å². The number of hydrogen-bond donors (Lipinski definition) is 1. The van der Waals surface area contributed by atoms with Crippen LogP contribution in [0.25, 0.3) is 5.65 Å². The van der Waals surface area contributed by atoms with E-state index in [0.717, 1.165) is 4.68 Å². The third kappa shape index (κ3) is 4.87. The normalized spacial score (nSPS) is 11.8. The molecular formula is C17H16ClF3N6O3. The number of nitrogens with zero attached hydrogens (tertiary/aromatic N) is 5. The quantitative estimate of drug-likeness (QED) is 0.627. The van der Waals surface area contributed by atoms with E-state index in [0.29, 0.717) is 11.3 Å². The van der Waals surface area contributed by atoms with E-state index in [9.17, 15) is 22.8 Å². The second-order valence-corrected chi connectivity index (χ2v) is 6.99. The number of carbonyl (C=O) groups excluding carboxylic acids is 1. The van der Waals surface area contributed by atoms with Crippen LogP contribution in [0.2, 0.25) is 5.02 Å². The second-order valence-electron chi connectivity index (χ2n) is 6.61. The van der Waals surface area contributed by atoms with Gasteiger partial charge < -0.3 is 10.1 Å². The molecule has 3 aromatic rings. The van der Waals surface area contributed by atoms with Gasteiger partial charge in [0.2, 0.25) is 5.91 Å². The lowest BCUT2D eigenvalue weighted by molar-refractivity contribution is -0.153. The molecule has 0 unspecified atom stereocenters. The summed E-state index contributed by atoms with van der Waals surface area (Å²) in [5.74, 6) is -1.45. The molecule has 3 rings (SSSR count). The van der Waals surface area contributed by atoms with Crippen molar-refractivity contribution in [1.82, 2.24) is 24.4 Å². The second kappa shape index (κ2) is 8.30. The molecular weight excluding hydrogens is 429 g/mol. The Morgan fingerprint density at radius 1 is 1.33 bits per heavy atom. The average Bonchev–Trinajstić information content (AvgIpc) is 3.11. The molecule has 1 N–H and O–H groups in total.